The van der Waals surface area contributed by atoms with E-state index in [1.165, 1.54) is 0 Å². The molecule has 0 aliphatic carbocycles. The number of hydrogen-bond acceptors (Lipinski definition) is 5. The Morgan fingerprint density at radius 2 is 1.95 bits per heavy atom. The van der Waals surface area contributed by atoms with Gasteiger partial charge < -0.3 is 4.52 Å². The van der Waals surface area contributed by atoms with Gasteiger partial charge in [0.15, 0.2) is 5.82 Å². The predicted molar refractivity (Wildman–Crippen MR) is 57.2 cm³/mol. The third-order valence-electron chi connectivity index (χ3n) is 2.23. The molecule has 2 rings (SSSR count). The Kier molecular flexibility index (Phi) is 3.13. The number of alkyl halides is 3. The molecule has 0 bridgehead atoms. The van der Waals surface area contributed by atoms with Crippen LogP contribution in [0.25, 0.3) is 11.5 Å². The monoisotopic (exact) mass is 274 g/mol. The summed E-state index contributed by atoms with van der Waals surface area (Å²) in [6, 6.07) is 0.708. The van der Waals surface area contributed by atoms with Crippen molar-refractivity contribution in [1.29, 1.82) is 0 Å². The molecule has 0 fully saturated rings. The fourth-order valence-corrected chi connectivity index (χ4v) is 1.33. The van der Waals surface area contributed by atoms with Crippen LogP contribution in [0.1, 0.15) is 31.3 Å². The highest BCUT2D eigenvalue weighted by molar-refractivity contribution is 5.48. The zero-order valence-corrected chi connectivity index (χ0v) is 9.95. The van der Waals surface area contributed by atoms with Crippen molar-refractivity contribution in [3.63, 3.8) is 0 Å². The van der Waals surface area contributed by atoms with Gasteiger partial charge in [-0.05, 0) is 6.07 Å². The van der Waals surface area contributed by atoms with E-state index in [2.05, 4.69) is 24.6 Å². The normalized spacial score (nSPS) is 12.1. The van der Waals surface area contributed by atoms with E-state index >= 15 is 0 Å². The van der Waals surface area contributed by atoms with Crippen LogP contribution in [0.5, 0.6) is 0 Å². The number of rotatable bonds is 2. The minimum atomic E-state index is -4.61. The topological polar surface area (TPSA) is 84.7 Å². The molecule has 0 aromatic carbocycles. The van der Waals surface area contributed by atoms with E-state index in [0.29, 0.717) is 6.07 Å². The van der Waals surface area contributed by atoms with E-state index in [1.54, 1.807) is 13.8 Å². The molecule has 0 saturated heterocycles. The summed E-state index contributed by atoms with van der Waals surface area (Å²) in [7, 11) is 0. The zero-order chi connectivity index (χ0) is 14.2. The molecular formula is C10H9F3N4O2. The van der Waals surface area contributed by atoms with Crippen LogP contribution in [-0.2, 0) is 6.18 Å². The molecule has 9 heteroatoms. The van der Waals surface area contributed by atoms with Crippen molar-refractivity contribution in [3.8, 4) is 11.5 Å². The Labute approximate surface area is 104 Å². The highest BCUT2D eigenvalue weighted by Crippen LogP contribution is 2.30. The predicted octanol–water partition coefficient (Wildman–Crippen LogP) is 1.96. The molecule has 0 spiro atoms. The van der Waals surface area contributed by atoms with E-state index in [9.17, 15) is 18.0 Å². The first-order valence-corrected chi connectivity index (χ1v) is 5.29. The number of nitrogens with one attached hydrogen (secondary N) is 1. The highest BCUT2D eigenvalue weighted by atomic mass is 19.4. The minimum absolute atomic E-state index is 0.00803. The van der Waals surface area contributed by atoms with Crippen LogP contribution in [0.4, 0.5) is 13.2 Å². The van der Waals surface area contributed by atoms with Gasteiger partial charge >= 0.3 is 11.9 Å². The maximum absolute atomic E-state index is 12.7. The molecule has 0 aliphatic rings. The molecule has 6 nitrogen and oxygen atoms in total. The summed E-state index contributed by atoms with van der Waals surface area (Å²) in [5.74, 6) is -1.40. The standard InChI is InChI=1S/C10H9F3N4O2/c1-4(2)7-14-5(8-16-9(18)19-17-8)3-6(15-7)10(11,12)13/h3-4H,1-2H3,(H,16,17,18). The van der Waals surface area contributed by atoms with E-state index in [-0.39, 0.29) is 23.3 Å². The summed E-state index contributed by atoms with van der Waals surface area (Å²) in [5.41, 5.74) is -1.23. The Morgan fingerprint density at radius 1 is 1.26 bits per heavy atom. The maximum atomic E-state index is 12.7. The van der Waals surface area contributed by atoms with Crippen LogP contribution in [0, 0.1) is 0 Å². The van der Waals surface area contributed by atoms with Gasteiger partial charge in [0.25, 0.3) is 0 Å². The lowest BCUT2D eigenvalue weighted by Crippen LogP contribution is -2.12. The van der Waals surface area contributed by atoms with Crippen LogP contribution in [0.2, 0.25) is 0 Å². The average Bonchev–Trinajstić information content (AvgIpc) is 2.74. The second kappa shape index (κ2) is 4.48. The van der Waals surface area contributed by atoms with Crippen molar-refractivity contribution in [2.45, 2.75) is 25.9 Å². The zero-order valence-electron chi connectivity index (χ0n) is 9.95. The molecule has 2 aromatic heterocycles. The smallest absolute Gasteiger partial charge is 0.321 e. The fourth-order valence-electron chi connectivity index (χ4n) is 1.33. The molecule has 0 saturated carbocycles. The van der Waals surface area contributed by atoms with Gasteiger partial charge in [0.05, 0.1) is 0 Å². The van der Waals surface area contributed by atoms with Crippen LogP contribution in [0.3, 0.4) is 0 Å². The van der Waals surface area contributed by atoms with Crippen molar-refractivity contribution < 1.29 is 17.7 Å². The highest BCUT2D eigenvalue weighted by Gasteiger charge is 2.34. The SMILES string of the molecule is CC(C)c1nc(-c2nc(=O)o[nH]2)cc(C(F)(F)F)n1. The molecule has 0 unspecified atom stereocenters. The second-order valence-electron chi connectivity index (χ2n) is 4.08. The summed E-state index contributed by atoms with van der Waals surface area (Å²) in [6.07, 6.45) is -4.61. The van der Waals surface area contributed by atoms with Crippen molar-refractivity contribution >= 4 is 0 Å². The largest absolute Gasteiger partial charge is 0.460 e. The van der Waals surface area contributed by atoms with E-state index in [0.717, 1.165) is 0 Å². The Hall–Kier alpha value is -2.19. The molecule has 2 aromatic rings. The molecule has 2 heterocycles. The van der Waals surface area contributed by atoms with E-state index < -0.39 is 17.6 Å². The number of halogens is 3. The first kappa shape index (κ1) is 13.2. The molecule has 102 valence electrons. The molecule has 19 heavy (non-hydrogen) atoms. The number of aromatic nitrogens is 4. The van der Waals surface area contributed by atoms with Crippen molar-refractivity contribution in [1.82, 2.24) is 20.1 Å². The molecule has 0 radical (unpaired) electrons. The van der Waals surface area contributed by atoms with Crippen molar-refractivity contribution in [2.24, 2.45) is 0 Å². The van der Waals surface area contributed by atoms with Crippen molar-refractivity contribution in [3.05, 3.63) is 28.1 Å². The molecule has 0 aliphatic heterocycles. The van der Waals surface area contributed by atoms with Gasteiger partial charge in [0.2, 0.25) is 0 Å². The summed E-state index contributed by atoms with van der Waals surface area (Å²) < 4.78 is 42.5. The van der Waals surface area contributed by atoms with Gasteiger partial charge in [-0.3, -0.25) is 0 Å². The lowest BCUT2D eigenvalue weighted by Gasteiger charge is -2.10. The average molecular weight is 274 g/mol. The third kappa shape index (κ3) is 2.80. The van der Waals surface area contributed by atoms with Crippen LogP contribution in [0.15, 0.2) is 15.4 Å². The quantitative estimate of drug-likeness (QED) is 0.904. The third-order valence-corrected chi connectivity index (χ3v) is 2.23. The van der Waals surface area contributed by atoms with Gasteiger partial charge in [-0.15, -0.1) is 0 Å². The summed E-state index contributed by atoms with van der Waals surface area (Å²) in [6.45, 7) is 3.32. The van der Waals surface area contributed by atoms with E-state index in [4.69, 9.17) is 0 Å². The van der Waals surface area contributed by atoms with Gasteiger partial charge in [-0.1, -0.05) is 13.8 Å². The molecule has 1 N–H and O–H groups in total. The first-order valence-electron chi connectivity index (χ1n) is 5.29. The Morgan fingerprint density at radius 3 is 2.42 bits per heavy atom. The van der Waals surface area contributed by atoms with E-state index in [1.807, 2.05) is 0 Å². The minimum Gasteiger partial charge on any atom is -0.321 e. The lowest BCUT2D eigenvalue weighted by atomic mass is 10.2. The van der Waals surface area contributed by atoms with Gasteiger partial charge in [-0.2, -0.15) is 23.3 Å². The first-order chi connectivity index (χ1) is 8.77. The van der Waals surface area contributed by atoms with Gasteiger partial charge in [-0.25, -0.2) is 14.8 Å². The summed E-state index contributed by atoms with van der Waals surface area (Å²) in [4.78, 5) is 21.5. The Bertz CT molecular complexity index is 645. The second-order valence-corrected chi connectivity index (χ2v) is 4.08. The molecule has 0 amide bonds. The van der Waals surface area contributed by atoms with Crippen LogP contribution in [-0.4, -0.2) is 20.1 Å². The maximum Gasteiger partial charge on any atom is 0.460 e. The molecule has 0 atom stereocenters. The van der Waals surface area contributed by atoms with Crippen LogP contribution >= 0.6 is 0 Å². The Balaban J connectivity index is 2.61. The lowest BCUT2D eigenvalue weighted by molar-refractivity contribution is -0.141. The van der Waals surface area contributed by atoms with Crippen LogP contribution < -0.4 is 5.76 Å². The van der Waals surface area contributed by atoms with Gasteiger partial charge in [0, 0.05) is 5.92 Å². The number of nitrogens with zero attached hydrogens (tertiary/aromatic N) is 3. The molecular weight excluding hydrogens is 265 g/mol. The number of H-pyrrole nitrogens is 1. The number of hydrogen-bond donors (Lipinski definition) is 1. The fraction of sp³-hybridized carbons (Fsp3) is 0.400. The summed E-state index contributed by atoms with van der Waals surface area (Å²) >= 11 is 0. The summed E-state index contributed by atoms with van der Waals surface area (Å²) in [5, 5.41) is 2.11. The number of aromatic amines is 1. The van der Waals surface area contributed by atoms with Gasteiger partial charge in [0.1, 0.15) is 17.2 Å². The van der Waals surface area contributed by atoms with Crippen molar-refractivity contribution in [2.75, 3.05) is 0 Å².